The molecule has 0 amide bonds. The molecule has 116 valence electrons. The Morgan fingerprint density at radius 3 is 2.50 bits per heavy atom. The average Bonchev–Trinajstić information content (AvgIpc) is 3.05. The van der Waals surface area contributed by atoms with Gasteiger partial charge in [-0.1, -0.05) is 54.6 Å². The number of carbonyl (C=O) groups excluding carboxylic acids is 1. The summed E-state index contributed by atoms with van der Waals surface area (Å²) in [6.45, 7) is 1.97. The number of rotatable bonds is 3. The molecule has 0 aliphatic rings. The van der Waals surface area contributed by atoms with Crippen molar-refractivity contribution in [1.29, 1.82) is 0 Å². The van der Waals surface area contributed by atoms with Gasteiger partial charge in [0.05, 0.1) is 11.9 Å². The molecule has 24 heavy (non-hydrogen) atoms. The van der Waals surface area contributed by atoms with Crippen molar-refractivity contribution < 1.29 is 4.79 Å². The Morgan fingerprint density at radius 2 is 1.71 bits per heavy atom. The van der Waals surface area contributed by atoms with Crippen LogP contribution in [0.4, 0.5) is 0 Å². The van der Waals surface area contributed by atoms with Gasteiger partial charge < -0.3 is 0 Å². The predicted octanol–water partition coefficient (Wildman–Crippen LogP) is 4.18. The van der Waals surface area contributed by atoms with Crippen molar-refractivity contribution in [1.82, 2.24) is 14.6 Å². The van der Waals surface area contributed by atoms with Gasteiger partial charge >= 0.3 is 0 Å². The third-order valence-corrected chi connectivity index (χ3v) is 4.05. The zero-order chi connectivity index (χ0) is 16.5. The Hall–Kier alpha value is -3.27. The van der Waals surface area contributed by atoms with Gasteiger partial charge in [-0.15, -0.1) is 0 Å². The topological polar surface area (TPSA) is 47.3 Å². The zero-order valence-electron chi connectivity index (χ0n) is 13.2. The highest BCUT2D eigenvalue weighted by Crippen LogP contribution is 2.29. The predicted molar refractivity (Wildman–Crippen MR) is 94.0 cm³/mol. The van der Waals surface area contributed by atoms with Crippen molar-refractivity contribution in [2.45, 2.75) is 6.92 Å². The number of nitrogens with zero attached hydrogens (tertiary/aromatic N) is 3. The van der Waals surface area contributed by atoms with Crippen LogP contribution in [0, 0.1) is 6.92 Å². The van der Waals surface area contributed by atoms with E-state index in [0.717, 1.165) is 40.0 Å². The van der Waals surface area contributed by atoms with E-state index >= 15 is 0 Å². The summed E-state index contributed by atoms with van der Waals surface area (Å²) in [5.41, 5.74) is 6.06. The maximum absolute atomic E-state index is 11.4. The first kappa shape index (κ1) is 14.3. The zero-order valence-corrected chi connectivity index (χ0v) is 13.2. The van der Waals surface area contributed by atoms with Gasteiger partial charge in [0.1, 0.15) is 0 Å². The molecular weight excluding hydrogens is 298 g/mol. The summed E-state index contributed by atoms with van der Waals surface area (Å²) >= 11 is 0. The number of aromatic nitrogens is 3. The summed E-state index contributed by atoms with van der Waals surface area (Å²) < 4.78 is 1.83. The summed E-state index contributed by atoms with van der Waals surface area (Å²) in [6, 6.07) is 19.6. The summed E-state index contributed by atoms with van der Waals surface area (Å²) in [4.78, 5) is 16.0. The second-order valence-electron chi connectivity index (χ2n) is 5.65. The molecule has 4 nitrogen and oxygen atoms in total. The second kappa shape index (κ2) is 5.74. The van der Waals surface area contributed by atoms with Crippen LogP contribution in [0.15, 0.2) is 66.9 Å². The van der Waals surface area contributed by atoms with Gasteiger partial charge in [-0.25, -0.2) is 9.50 Å². The molecule has 0 saturated carbocycles. The lowest BCUT2D eigenvalue weighted by Crippen LogP contribution is -1.98. The largest absolute Gasteiger partial charge is 0.298 e. The molecule has 2 aromatic carbocycles. The van der Waals surface area contributed by atoms with Gasteiger partial charge in [-0.05, 0) is 18.6 Å². The standard InChI is InChI=1S/C20H15N3O/c1-14-11-19(15-7-3-2-4-8-15)23-20(22-14)18(12-21-23)17-10-6-5-9-16(17)13-24/h2-13H,1H3. The van der Waals surface area contributed by atoms with E-state index in [0.29, 0.717) is 5.56 Å². The van der Waals surface area contributed by atoms with E-state index in [9.17, 15) is 4.79 Å². The van der Waals surface area contributed by atoms with E-state index in [4.69, 9.17) is 0 Å². The summed E-state index contributed by atoms with van der Waals surface area (Å²) in [7, 11) is 0. The fourth-order valence-corrected chi connectivity index (χ4v) is 2.93. The highest BCUT2D eigenvalue weighted by Gasteiger charge is 2.15. The van der Waals surface area contributed by atoms with Crippen molar-refractivity contribution in [3.8, 4) is 22.4 Å². The summed E-state index contributed by atoms with van der Waals surface area (Å²) in [5.74, 6) is 0. The molecule has 0 unspecified atom stereocenters. The molecule has 0 N–H and O–H groups in total. The Labute approximate surface area is 139 Å². The molecule has 0 aliphatic heterocycles. The first-order chi connectivity index (χ1) is 11.8. The van der Waals surface area contributed by atoms with Crippen molar-refractivity contribution in [2.75, 3.05) is 0 Å². The minimum absolute atomic E-state index is 0.636. The molecule has 0 saturated heterocycles. The number of hydrogen-bond donors (Lipinski definition) is 0. The molecular formula is C20H15N3O. The van der Waals surface area contributed by atoms with E-state index in [-0.39, 0.29) is 0 Å². The molecule has 0 atom stereocenters. The van der Waals surface area contributed by atoms with E-state index in [2.05, 4.69) is 22.2 Å². The van der Waals surface area contributed by atoms with Crippen LogP contribution >= 0.6 is 0 Å². The quantitative estimate of drug-likeness (QED) is 0.533. The van der Waals surface area contributed by atoms with Gasteiger partial charge in [-0.2, -0.15) is 5.10 Å². The molecule has 0 fully saturated rings. The Bertz CT molecular complexity index is 1040. The van der Waals surface area contributed by atoms with Crippen molar-refractivity contribution in [3.63, 3.8) is 0 Å². The van der Waals surface area contributed by atoms with Crippen LogP contribution < -0.4 is 0 Å². The fourth-order valence-electron chi connectivity index (χ4n) is 2.93. The molecule has 4 rings (SSSR count). The minimum atomic E-state index is 0.636. The lowest BCUT2D eigenvalue weighted by Gasteiger charge is -2.08. The van der Waals surface area contributed by atoms with Crippen LogP contribution in [0.3, 0.4) is 0 Å². The van der Waals surface area contributed by atoms with E-state index < -0.39 is 0 Å². The molecule has 2 heterocycles. The third kappa shape index (κ3) is 2.29. The molecule has 0 bridgehead atoms. The maximum atomic E-state index is 11.4. The number of hydrogen-bond acceptors (Lipinski definition) is 3. The highest BCUT2D eigenvalue weighted by atomic mass is 16.1. The van der Waals surface area contributed by atoms with Crippen LogP contribution in [-0.2, 0) is 0 Å². The molecule has 0 radical (unpaired) electrons. The van der Waals surface area contributed by atoms with Crippen LogP contribution in [0.1, 0.15) is 16.1 Å². The van der Waals surface area contributed by atoms with Crippen LogP contribution in [0.2, 0.25) is 0 Å². The van der Waals surface area contributed by atoms with Gasteiger partial charge in [0.25, 0.3) is 0 Å². The lowest BCUT2D eigenvalue weighted by atomic mass is 10.0. The van der Waals surface area contributed by atoms with Crippen molar-refractivity contribution in [2.24, 2.45) is 0 Å². The number of fused-ring (bicyclic) bond motifs is 1. The molecule has 0 spiro atoms. The van der Waals surface area contributed by atoms with Crippen LogP contribution in [0.25, 0.3) is 28.0 Å². The Morgan fingerprint density at radius 1 is 0.958 bits per heavy atom. The molecule has 2 aromatic heterocycles. The molecule has 0 aliphatic carbocycles. The first-order valence-electron chi connectivity index (χ1n) is 7.73. The van der Waals surface area contributed by atoms with Crippen LogP contribution in [0.5, 0.6) is 0 Å². The van der Waals surface area contributed by atoms with Crippen molar-refractivity contribution in [3.05, 3.63) is 78.1 Å². The normalized spacial score (nSPS) is 10.9. The number of carbonyl (C=O) groups is 1. The van der Waals surface area contributed by atoms with Crippen LogP contribution in [-0.4, -0.2) is 20.9 Å². The van der Waals surface area contributed by atoms with Crippen molar-refractivity contribution >= 4 is 11.9 Å². The minimum Gasteiger partial charge on any atom is -0.298 e. The van der Waals surface area contributed by atoms with E-state index in [1.165, 1.54) is 0 Å². The van der Waals surface area contributed by atoms with Gasteiger partial charge in [0.15, 0.2) is 11.9 Å². The highest BCUT2D eigenvalue weighted by molar-refractivity contribution is 5.91. The van der Waals surface area contributed by atoms with E-state index in [1.54, 1.807) is 12.3 Å². The molecule has 4 heteroatoms. The SMILES string of the molecule is Cc1cc(-c2ccccc2)n2ncc(-c3ccccc3C=O)c2n1. The lowest BCUT2D eigenvalue weighted by molar-refractivity contribution is 0.112. The summed E-state index contributed by atoms with van der Waals surface area (Å²) in [5, 5.41) is 4.53. The van der Waals surface area contributed by atoms with Gasteiger partial charge in [-0.3, -0.25) is 4.79 Å². The van der Waals surface area contributed by atoms with Gasteiger partial charge in [0.2, 0.25) is 0 Å². The van der Waals surface area contributed by atoms with E-state index in [1.807, 2.05) is 53.9 Å². The smallest absolute Gasteiger partial charge is 0.163 e. The fraction of sp³-hybridized carbons (Fsp3) is 0.0500. The number of aryl methyl sites for hydroxylation is 1. The number of benzene rings is 2. The maximum Gasteiger partial charge on any atom is 0.163 e. The average molecular weight is 313 g/mol. The first-order valence-corrected chi connectivity index (χ1v) is 7.73. The molecule has 4 aromatic rings. The monoisotopic (exact) mass is 313 g/mol. The third-order valence-electron chi connectivity index (χ3n) is 4.05. The summed E-state index contributed by atoms with van der Waals surface area (Å²) in [6.07, 6.45) is 2.64. The second-order valence-corrected chi connectivity index (χ2v) is 5.65. The van der Waals surface area contributed by atoms with Gasteiger partial charge in [0, 0.05) is 22.4 Å². The number of aldehydes is 1. The Balaban J connectivity index is 2.01. The Kier molecular flexibility index (Phi) is 3.43.